The van der Waals surface area contributed by atoms with Crippen molar-refractivity contribution < 1.29 is 9.53 Å². The van der Waals surface area contributed by atoms with Gasteiger partial charge in [0, 0.05) is 12.1 Å². The fourth-order valence-corrected chi connectivity index (χ4v) is 3.22. The number of carbonyl (C=O) groups excluding carboxylic acids is 1. The lowest BCUT2D eigenvalue weighted by Gasteiger charge is -2.38. The van der Waals surface area contributed by atoms with Crippen molar-refractivity contribution in [3.05, 3.63) is 0 Å². The fraction of sp³-hybridized carbons (Fsp3) is 0.929. The molecule has 4 atom stereocenters. The average molecular weight is 256 g/mol. The Balaban J connectivity index is 2.72. The van der Waals surface area contributed by atoms with Crippen LogP contribution in [0, 0.1) is 11.8 Å². The second kappa shape index (κ2) is 7.10. The van der Waals surface area contributed by atoms with E-state index in [0.717, 1.165) is 13.1 Å². The summed E-state index contributed by atoms with van der Waals surface area (Å²) in [4.78, 5) is 14.1. The van der Waals surface area contributed by atoms with Crippen molar-refractivity contribution in [1.29, 1.82) is 0 Å². The van der Waals surface area contributed by atoms with Gasteiger partial charge in [-0.25, -0.2) is 0 Å². The zero-order valence-corrected chi connectivity index (χ0v) is 12.2. The molecule has 4 nitrogen and oxygen atoms in total. The SMILES string of the molecule is CCN(C(C)C(C)C(=O)OC)C1CCCC1CN. The molecule has 0 aromatic heterocycles. The average Bonchev–Trinajstić information content (AvgIpc) is 2.85. The van der Waals surface area contributed by atoms with Crippen molar-refractivity contribution in [3.8, 4) is 0 Å². The monoisotopic (exact) mass is 256 g/mol. The molecule has 1 rings (SSSR count). The first-order chi connectivity index (χ1) is 8.56. The highest BCUT2D eigenvalue weighted by atomic mass is 16.5. The van der Waals surface area contributed by atoms with Crippen LogP contribution in [-0.4, -0.2) is 43.2 Å². The molecule has 1 saturated carbocycles. The lowest BCUT2D eigenvalue weighted by Crippen LogP contribution is -2.49. The van der Waals surface area contributed by atoms with E-state index in [-0.39, 0.29) is 17.9 Å². The highest BCUT2D eigenvalue weighted by Crippen LogP contribution is 2.31. The van der Waals surface area contributed by atoms with Crippen LogP contribution in [0.25, 0.3) is 0 Å². The summed E-state index contributed by atoms with van der Waals surface area (Å²) in [6.45, 7) is 7.94. The van der Waals surface area contributed by atoms with Crippen LogP contribution in [0.3, 0.4) is 0 Å². The zero-order chi connectivity index (χ0) is 13.7. The molecule has 0 amide bonds. The lowest BCUT2D eigenvalue weighted by atomic mass is 9.96. The summed E-state index contributed by atoms with van der Waals surface area (Å²) in [5, 5.41) is 0. The molecule has 0 aromatic carbocycles. The van der Waals surface area contributed by atoms with E-state index in [2.05, 4.69) is 18.7 Å². The van der Waals surface area contributed by atoms with Crippen LogP contribution < -0.4 is 5.73 Å². The van der Waals surface area contributed by atoms with Crippen LogP contribution in [-0.2, 0) is 9.53 Å². The predicted molar refractivity (Wildman–Crippen MR) is 73.2 cm³/mol. The van der Waals surface area contributed by atoms with E-state index in [9.17, 15) is 4.79 Å². The maximum atomic E-state index is 11.7. The summed E-state index contributed by atoms with van der Waals surface area (Å²) < 4.78 is 4.85. The molecule has 1 aliphatic carbocycles. The molecular formula is C14H28N2O2. The van der Waals surface area contributed by atoms with Gasteiger partial charge in [-0.05, 0) is 38.8 Å². The van der Waals surface area contributed by atoms with Gasteiger partial charge >= 0.3 is 5.97 Å². The maximum absolute atomic E-state index is 11.7. The molecule has 1 fully saturated rings. The Morgan fingerprint density at radius 2 is 2.11 bits per heavy atom. The van der Waals surface area contributed by atoms with Crippen molar-refractivity contribution in [2.45, 2.75) is 52.1 Å². The van der Waals surface area contributed by atoms with Crippen molar-refractivity contribution >= 4 is 5.97 Å². The first-order valence-electron chi connectivity index (χ1n) is 7.10. The maximum Gasteiger partial charge on any atom is 0.309 e. The topological polar surface area (TPSA) is 55.6 Å². The van der Waals surface area contributed by atoms with E-state index in [1.54, 1.807) is 0 Å². The fourth-order valence-electron chi connectivity index (χ4n) is 3.22. The number of rotatable bonds is 6. The second-order valence-corrected chi connectivity index (χ2v) is 5.38. The summed E-state index contributed by atoms with van der Waals surface area (Å²) in [6.07, 6.45) is 3.67. The Bertz CT molecular complexity index is 271. The summed E-state index contributed by atoms with van der Waals surface area (Å²) in [5.41, 5.74) is 5.86. The smallest absolute Gasteiger partial charge is 0.309 e. The van der Waals surface area contributed by atoms with Crippen LogP contribution in [0.5, 0.6) is 0 Å². The first kappa shape index (κ1) is 15.4. The highest BCUT2D eigenvalue weighted by molar-refractivity contribution is 5.72. The third-order valence-corrected chi connectivity index (χ3v) is 4.53. The Morgan fingerprint density at radius 1 is 1.44 bits per heavy atom. The van der Waals surface area contributed by atoms with Crippen LogP contribution in [0.1, 0.15) is 40.0 Å². The Morgan fingerprint density at radius 3 is 2.61 bits per heavy atom. The molecule has 0 spiro atoms. The van der Waals surface area contributed by atoms with Crippen molar-refractivity contribution in [3.63, 3.8) is 0 Å². The highest BCUT2D eigenvalue weighted by Gasteiger charge is 2.35. The minimum Gasteiger partial charge on any atom is -0.469 e. The molecule has 0 aliphatic heterocycles. The van der Waals surface area contributed by atoms with E-state index in [1.165, 1.54) is 26.4 Å². The number of hydrogen-bond donors (Lipinski definition) is 1. The summed E-state index contributed by atoms with van der Waals surface area (Å²) in [5.74, 6) is 0.370. The number of esters is 1. The number of hydrogen-bond acceptors (Lipinski definition) is 4. The predicted octanol–water partition coefficient (Wildman–Crippen LogP) is 1.63. The number of nitrogens with two attached hydrogens (primary N) is 1. The van der Waals surface area contributed by atoms with Crippen molar-refractivity contribution in [2.75, 3.05) is 20.2 Å². The number of methoxy groups -OCH3 is 1. The quantitative estimate of drug-likeness (QED) is 0.734. The summed E-state index contributed by atoms with van der Waals surface area (Å²) >= 11 is 0. The van der Waals surface area contributed by atoms with Gasteiger partial charge in [0.05, 0.1) is 13.0 Å². The second-order valence-electron chi connectivity index (χ2n) is 5.38. The van der Waals surface area contributed by atoms with Gasteiger partial charge in [0.2, 0.25) is 0 Å². The van der Waals surface area contributed by atoms with E-state index in [4.69, 9.17) is 10.5 Å². The standard InChI is InChI=1S/C14H28N2O2/c1-5-16(11(3)10(2)14(17)18-4)13-8-6-7-12(13)9-15/h10-13H,5-9,15H2,1-4H3. The number of nitrogens with zero attached hydrogens (tertiary/aromatic N) is 1. The molecule has 106 valence electrons. The van der Waals surface area contributed by atoms with Gasteiger partial charge in [-0.1, -0.05) is 20.3 Å². The molecule has 0 bridgehead atoms. The Hall–Kier alpha value is -0.610. The molecule has 2 N–H and O–H groups in total. The van der Waals surface area contributed by atoms with E-state index in [0.29, 0.717) is 12.0 Å². The van der Waals surface area contributed by atoms with Crippen molar-refractivity contribution in [1.82, 2.24) is 4.90 Å². The van der Waals surface area contributed by atoms with E-state index >= 15 is 0 Å². The molecule has 0 aromatic rings. The first-order valence-corrected chi connectivity index (χ1v) is 7.10. The normalized spacial score (nSPS) is 27.2. The van der Waals surface area contributed by atoms with Gasteiger partial charge in [0.25, 0.3) is 0 Å². The Kier molecular flexibility index (Phi) is 6.09. The van der Waals surface area contributed by atoms with Gasteiger partial charge in [0.1, 0.15) is 0 Å². The molecule has 0 saturated heterocycles. The third-order valence-electron chi connectivity index (χ3n) is 4.53. The zero-order valence-electron chi connectivity index (χ0n) is 12.2. The van der Waals surface area contributed by atoms with Gasteiger partial charge in [-0.3, -0.25) is 9.69 Å². The molecule has 4 heteroatoms. The largest absolute Gasteiger partial charge is 0.469 e. The van der Waals surface area contributed by atoms with E-state index < -0.39 is 0 Å². The van der Waals surface area contributed by atoms with Crippen molar-refractivity contribution in [2.24, 2.45) is 17.6 Å². The van der Waals surface area contributed by atoms with Gasteiger partial charge in [0.15, 0.2) is 0 Å². The molecule has 1 aliphatic rings. The number of ether oxygens (including phenoxy) is 1. The summed E-state index contributed by atoms with van der Waals surface area (Å²) in [6, 6.07) is 0.738. The molecule has 0 radical (unpaired) electrons. The van der Waals surface area contributed by atoms with Gasteiger partial charge < -0.3 is 10.5 Å². The Labute approximate surface area is 111 Å². The lowest BCUT2D eigenvalue weighted by molar-refractivity contribution is -0.147. The summed E-state index contributed by atoms with van der Waals surface area (Å²) in [7, 11) is 1.46. The minimum atomic E-state index is -0.122. The van der Waals surface area contributed by atoms with Crippen LogP contribution in [0.4, 0.5) is 0 Å². The minimum absolute atomic E-state index is 0.0889. The molecule has 18 heavy (non-hydrogen) atoms. The molecular weight excluding hydrogens is 228 g/mol. The number of carbonyl (C=O) groups is 1. The van der Waals surface area contributed by atoms with Crippen LogP contribution in [0.2, 0.25) is 0 Å². The van der Waals surface area contributed by atoms with Crippen LogP contribution in [0.15, 0.2) is 0 Å². The van der Waals surface area contributed by atoms with Crippen LogP contribution >= 0.6 is 0 Å². The van der Waals surface area contributed by atoms with Gasteiger partial charge in [-0.2, -0.15) is 0 Å². The third kappa shape index (κ3) is 3.23. The molecule has 4 unspecified atom stereocenters. The van der Waals surface area contributed by atoms with E-state index in [1.807, 2.05) is 6.92 Å². The van der Waals surface area contributed by atoms with Gasteiger partial charge in [-0.15, -0.1) is 0 Å². The molecule has 0 heterocycles.